The van der Waals surface area contributed by atoms with Crippen molar-refractivity contribution in [1.82, 2.24) is 19.2 Å². The molecule has 1 saturated carbocycles. The van der Waals surface area contributed by atoms with Crippen LogP contribution >= 0.6 is 11.6 Å². The van der Waals surface area contributed by atoms with Gasteiger partial charge in [0.05, 0.1) is 6.42 Å². The first-order chi connectivity index (χ1) is 12.5. The van der Waals surface area contributed by atoms with Crippen molar-refractivity contribution in [3.05, 3.63) is 51.2 Å². The highest BCUT2D eigenvalue weighted by Crippen LogP contribution is 2.37. The summed E-state index contributed by atoms with van der Waals surface area (Å²) in [6, 6.07) is 7.75. The maximum atomic E-state index is 12.6. The monoisotopic (exact) mass is 374 g/mol. The number of aromatic nitrogens is 3. The van der Waals surface area contributed by atoms with E-state index in [9.17, 15) is 9.59 Å². The zero-order valence-corrected chi connectivity index (χ0v) is 15.7. The number of carbonyl (C=O) groups excluding carboxylic acids is 1. The van der Waals surface area contributed by atoms with Crippen molar-refractivity contribution in [2.75, 3.05) is 13.1 Å². The Morgan fingerprint density at radius 3 is 2.42 bits per heavy atom. The predicted octanol–water partition coefficient (Wildman–Crippen LogP) is 2.52. The average Bonchev–Trinajstić information content (AvgIpc) is 3.43. The van der Waals surface area contributed by atoms with Crippen LogP contribution in [-0.2, 0) is 18.3 Å². The van der Waals surface area contributed by atoms with Crippen molar-refractivity contribution in [3.63, 3.8) is 0 Å². The topological polar surface area (TPSA) is 60.1 Å². The van der Waals surface area contributed by atoms with Gasteiger partial charge in [0.25, 0.3) is 0 Å². The lowest BCUT2D eigenvalue weighted by Crippen LogP contribution is -2.39. The van der Waals surface area contributed by atoms with Crippen LogP contribution in [0.15, 0.2) is 29.1 Å². The zero-order chi connectivity index (χ0) is 18.3. The van der Waals surface area contributed by atoms with Gasteiger partial charge in [0.2, 0.25) is 5.91 Å². The number of benzene rings is 1. The largest absolute Gasteiger partial charge is 0.345 e. The van der Waals surface area contributed by atoms with E-state index in [4.69, 9.17) is 11.6 Å². The first-order valence-corrected chi connectivity index (χ1v) is 9.58. The third-order valence-corrected chi connectivity index (χ3v) is 5.63. The van der Waals surface area contributed by atoms with Gasteiger partial charge in [-0.2, -0.15) is 5.10 Å². The molecule has 7 heteroatoms. The number of halogens is 1. The number of rotatable bonds is 4. The van der Waals surface area contributed by atoms with Crippen LogP contribution in [0.4, 0.5) is 0 Å². The van der Waals surface area contributed by atoms with Gasteiger partial charge in [-0.1, -0.05) is 23.7 Å². The molecule has 1 aromatic heterocycles. The van der Waals surface area contributed by atoms with E-state index in [1.54, 1.807) is 7.05 Å². The van der Waals surface area contributed by atoms with Crippen LogP contribution in [-0.4, -0.2) is 38.2 Å². The second kappa shape index (κ2) is 6.91. The maximum Gasteiger partial charge on any atom is 0.345 e. The Kier molecular flexibility index (Phi) is 4.61. The maximum absolute atomic E-state index is 12.6. The minimum Gasteiger partial charge on any atom is -0.342 e. The quantitative estimate of drug-likeness (QED) is 0.826. The third kappa shape index (κ3) is 3.43. The number of nitrogens with zero attached hydrogens (tertiary/aromatic N) is 4. The Hall–Kier alpha value is -2.08. The van der Waals surface area contributed by atoms with Gasteiger partial charge in [-0.05, 0) is 43.4 Å². The van der Waals surface area contributed by atoms with Gasteiger partial charge in [0, 0.05) is 37.1 Å². The first kappa shape index (κ1) is 17.3. The van der Waals surface area contributed by atoms with Crippen molar-refractivity contribution in [1.29, 1.82) is 0 Å². The summed E-state index contributed by atoms with van der Waals surface area (Å²) in [7, 11) is 1.72. The van der Waals surface area contributed by atoms with Crippen LogP contribution in [0.5, 0.6) is 0 Å². The van der Waals surface area contributed by atoms with Crippen molar-refractivity contribution in [3.8, 4) is 0 Å². The van der Waals surface area contributed by atoms with Crippen molar-refractivity contribution in [2.24, 2.45) is 7.05 Å². The van der Waals surface area contributed by atoms with Crippen molar-refractivity contribution in [2.45, 2.75) is 44.1 Å². The molecule has 0 unspecified atom stereocenters. The molecular weight excluding hydrogens is 352 g/mol. The molecule has 26 heavy (non-hydrogen) atoms. The fourth-order valence-electron chi connectivity index (χ4n) is 3.73. The SMILES string of the molecule is Cn1nc(C2CCN(C(=O)Cc3ccc(Cl)cc3)CC2)n(C2CC2)c1=O. The molecule has 138 valence electrons. The molecule has 2 aliphatic rings. The number of hydrogen-bond donors (Lipinski definition) is 0. The molecule has 1 aliphatic carbocycles. The molecule has 2 aromatic rings. The summed E-state index contributed by atoms with van der Waals surface area (Å²) in [5.41, 5.74) is 0.970. The summed E-state index contributed by atoms with van der Waals surface area (Å²) >= 11 is 5.90. The zero-order valence-electron chi connectivity index (χ0n) is 14.9. The number of aryl methyl sites for hydroxylation is 1. The third-order valence-electron chi connectivity index (χ3n) is 5.38. The summed E-state index contributed by atoms with van der Waals surface area (Å²) in [5.74, 6) is 1.31. The van der Waals surface area contributed by atoms with E-state index in [0.717, 1.165) is 37.1 Å². The highest BCUT2D eigenvalue weighted by Gasteiger charge is 2.34. The first-order valence-electron chi connectivity index (χ1n) is 9.20. The van der Waals surface area contributed by atoms with E-state index < -0.39 is 0 Å². The summed E-state index contributed by atoms with van der Waals surface area (Å²) in [6.07, 6.45) is 4.25. The highest BCUT2D eigenvalue weighted by molar-refractivity contribution is 6.30. The molecule has 6 nitrogen and oxygen atoms in total. The molecule has 1 amide bonds. The molecule has 1 aliphatic heterocycles. The average molecular weight is 375 g/mol. The van der Waals surface area contributed by atoms with Gasteiger partial charge in [-0.25, -0.2) is 9.48 Å². The fourth-order valence-corrected chi connectivity index (χ4v) is 3.85. The Morgan fingerprint density at radius 2 is 1.81 bits per heavy atom. The lowest BCUT2D eigenvalue weighted by Gasteiger charge is -2.31. The van der Waals surface area contributed by atoms with Gasteiger partial charge in [0.15, 0.2) is 0 Å². The van der Waals surface area contributed by atoms with E-state index in [1.165, 1.54) is 4.68 Å². The van der Waals surface area contributed by atoms with Crippen LogP contribution in [0.2, 0.25) is 5.02 Å². The van der Waals surface area contributed by atoms with Crippen molar-refractivity contribution >= 4 is 17.5 Å². The fraction of sp³-hybridized carbons (Fsp3) is 0.526. The van der Waals surface area contributed by atoms with E-state index in [-0.39, 0.29) is 17.5 Å². The number of likely N-dealkylation sites (tertiary alicyclic amines) is 1. The van der Waals surface area contributed by atoms with Gasteiger partial charge in [0.1, 0.15) is 5.82 Å². The highest BCUT2D eigenvalue weighted by atomic mass is 35.5. The molecule has 4 rings (SSSR count). The second-order valence-corrected chi connectivity index (χ2v) is 7.76. The molecule has 0 bridgehead atoms. The van der Waals surface area contributed by atoms with Crippen LogP contribution in [0.1, 0.15) is 49.0 Å². The molecule has 0 radical (unpaired) electrons. The Bertz CT molecular complexity index is 859. The number of hydrogen-bond acceptors (Lipinski definition) is 3. The molecule has 0 atom stereocenters. The van der Waals surface area contributed by atoms with E-state index in [2.05, 4.69) is 5.10 Å². The Morgan fingerprint density at radius 1 is 1.15 bits per heavy atom. The normalized spacial score (nSPS) is 18.3. The Balaban J connectivity index is 1.40. The lowest BCUT2D eigenvalue weighted by molar-refractivity contribution is -0.131. The minimum absolute atomic E-state index is 0.0104. The molecule has 2 heterocycles. The van der Waals surface area contributed by atoms with E-state index in [0.29, 0.717) is 30.6 Å². The molecular formula is C19H23ClN4O2. The van der Waals surface area contributed by atoms with Crippen molar-refractivity contribution < 1.29 is 4.79 Å². The smallest absolute Gasteiger partial charge is 0.342 e. The molecule has 0 N–H and O–H groups in total. The van der Waals surface area contributed by atoms with Gasteiger partial charge >= 0.3 is 5.69 Å². The standard InChI is InChI=1S/C19H23ClN4O2/c1-22-19(26)24(16-6-7-16)18(21-22)14-8-10-23(11-9-14)17(25)12-13-2-4-15(20)5-3-13/h2-5,14,16H,6-12H2,1H3. The van der Waals surface area contributed by atoms with E-state index in [1.807, 2.05) is 33.7 Å². The number of piperidine rings is 1. The lowest BCUT2D eigenvalue weighted by atomic mass is 9.95. The summed E-state index contributed by atoms with van der Waals surface area (Å²) < 4.78 is 3.33. The van der Waals surface area contributed by atoms with Crippen LogP contribution in [0.3, 0.4) is 0 Å². The second-order valence-electron chi connectivity index (χ2n) is 7.32. The van der Waals surface area contributed by atoms with Crippen LogP contribution < -0.4 is 5.69 Å². The predicted molar refractivity (Wildman–Crippen MR) is 99.5 cm³/mol. The molecule has 1 saturated heterocycles. The van der Waals surface area contributed by atoms with Crippen LogP contribution in [0.25, 0.3) is 0 Å². The Labute approximate surface area is 157 Å². The number of carbonyl (C=O) groups is 1. The summed E-state index contributed by atoms with van der Waals surface area (Å²) in [5, 5.41) is 5.17. The summed E-state index contributed by atoms with van der Waals surface area (Å²) in [4.78, 5) is 26.8. The number of amides is 1. The molecule has 1 aromatic carbocycles. The molecule has 0 spiro atoms. The van der Waals surface area contributed by atoms with Gasteiger partial charge < -0.3 is 4.90 Å². The van der Waals surface area contributed by atoms with Gasteiger partial charge in [-0.3, -0.25) is 9.36 Å². The molecule has 2 fully saturated rings. The minimum atomic E-state index is -0.0104. The van der Waals surface area contributed by atoms with Crippen LogP contribution in [0, 0.1) is 0 Å². The van der Waals surface area contributed by atoms with Gasteiger partial charge in [-0.15, -0.1) is 0 Å². The summed E-state index contributed by atoms with van der Waals surface area (Å²) in [6.45, 7) is 1.43. The van der Waals surface area contributed by atoms with E-state index >= 15 is 0 Å².